The Hall–Kier alpha value is -0.970. The minimum absolute atomic E-state index is 0. The molecule has 19 heavy (non-hydrogen) atoms. The van der Waals surface area contributed by atoms with Crippen molar-refractivity contribution in [3.63, 3.8) is 0 Å². The molecule has 1 heterocycles. The number of benzene rings is 1. The van der Waals surface area contributed by atoms with Gasteiger partial charge in [-0.25, -0.2) is 0 Å². The molecule has 1 aromatic carbocycles. The second-order valence-corrected chi connectivity index (χ2v) is 4.65. The van der Waals surface area contributed by atoms with E-state index in [0.29, 0.717) is 0 Å². The number of para-hydroxylation sites is 1. The summed E-state index contributed by atoms with van der Waals surface area (Å²) in [5.74, 6) is 0. The van der Waals surface area contributed by atoms with Gasteiger partial charge in [-0.2, -0.15) is 0 Å². The molecule has 0 saturated carbocycles. The third kappa shape index (κ3) is 4.27. The molecular formula is C13H21Cl2N3O. The van der Waals surface area contributed by atoms with E-state index in [1.165, 1.54) is 5.69 Å². The highest BCUT2D eigenvalue weighted by Gasteiger charge is 2.33. The topological polar surface area (TPSA) is 50.8 Å². The Bertz CT molecular complexity index is 410. The molecular weight excluding hydrogens is 285 g/mol. The summed E-state index contributed by atoms with van der Waals surface area (Å²) < 4.78 is 0. The van der Waals surface area contributed by atoms with Gasteiger partial charge in [0.2, 0.25) is 0 Å². The van der Waals surface area contributed by atoms with E-state index in [9.17, 15) is 0 Å². The van der Waals surface area contributed by atoms with Crippen LogP contribution in [0.5, 0.6) is 0 Å². The summed E-state index contributed by atoms with van der Waals surface area (Å²) >= 11 is 0. The molecule has 2 rings (SSSR count). The predicted molar refractivity (Wildman–Crippen MR) is 84.8 cm³/mol. The number of hydrogen-bond donors (Lipinski definition) is 1. The first-order chi connectivity index (χ1) is 8.13. The molecule has 1 unspecified atom stereocenters. The first kappa shape index (κ1) is 18.0. The van der Waals surface area contributed by atoms with Crippen molar-refractivity contribution in [3.8, 4) is 0 Å². The SMILES string of the molecule is CON=C1CN(c2ccccc2)CCC1(C)N.Cl.Cl. The van der Waals surface area contributed by atoms with Crippen LogP contribution in [-0.2, 0) is 4.84 Å². The van der Waals surface area contributed by atoms with Gasteiger partial charge >= 0.3 is 0 Å². The number of rotatable bonds is 2. The molecule has 6 heteroatoms. The van der Waals surface area contributed by atoms with Gasteiger partial charge in [0, 0.05) is 12.2 Å². The van der Waals surface area contributed by atoms with Gasteiger partial charge < -0.3 is 15.5 Å². The van der Waals surface area contributed by atoms with Gasteiger partial charge in [0.15, 0.2) is 0 Å². The largest absolute Gasteiger partial charge is 0.399 e. The summed E-state index contributed by atoms with van der Waals surface area (Å²) in [7, 11) is 1.56. The van der Waals surface area contributed by atoms with Crippen LogP contribution in [0.3, 0.4) is 0 Å². The fourth-order valence-corrected chi connectivity index (χ4v) is 2.05. The summed E-state index contributed by atoms with van der Waals surface area (Å²) in [4.78, 5) is 7.15. The van der Waals surface area contributed by atoms with E-state index in [-0.39, 0.29) is 30.4 Å². The van der Waals surface area contributed by atoms with Crippen molar-refractivity contribution >= 4 is 36.2 Å². The lowest BCUT2D eigenvalue weighted by Crippen LogP contribution is -2.56. The summed E-state index contributed by atoms with van der Waals surface area (Å²) in [5.41, 5.74) is 7.95. The van der Waals surface area contributed by atoms with Crippen molar-refractivity contribution in [2.75, 3.05) is 25.1 Å². The Balaban J connectivity index is 0.00000162. The Labute approximate surface area is 126 Å². The average molecular weight is 306 g/mol. The van der Waals surface area contributed by atoms with Crippen LogP contribution in [0.25, 0.3) is 0 Å². The predicted octanol–water partition coefficient (Wildman–Crippen LogP) is 2.46. The fraction of sp³-hybridized carbons (Fsp3) is 0.462. The van der Waals surface area contributed by atoms with E-state index >= 15 is 0 Å². The molecule has 0 spiro atoms. The summed E-state index contributed by atoms with van der Waals surface area (Å²) in [6, 6.07) is 10.3. The highest BCUT2D eigenvalue weighted by Crippen LogP contribution is 2.22. The van der Waals surface area contributed by atoms with Crippen LogP contribution >= 0.6 is 24.8 Å². The Morgan fingerprint density at radius 3 is 2.47 bits per heavy atom. The van der Waals surface area contributed by atoms with Gasteiger partial charge in [0.05, 0.1) is 17.8 Å². The van der Waals surface area contributed by atoms with Crippen molar-refractivity contribution in [2.24, 2.45) is 10.9 Å². The van der Waals surface area contributed by atoms with Gasteiger partial charge in [0.1, 0.15) is 7.11 Å². The van der Waals surface area contributed by atoms with Crippen LogP contribution in [0.1, 0.15) is 13.3 Å². The first-order valence-electron chi connectivity index (χ1n) is 5.83. The minimum atomic E-state index is -0.360. The van der Waals surface area contributed by atoms with Crippen LogP contribution in [0.15, 0.2) is 35.5 Å². The molecule has 1 aliphatic heterocycles. The smallest absolute Gasteiger partial charge is 0.106 e. The summed E-state index contributed by atoms with van der Waals surface area (Å²) in [6.07, 6.45) is 0.879. The van der Waals surface area contributed by atoms with E-state index < -0.39 is 0 Å². The number of nitrogens with zero attached hydrogens (tertiary/aromatic N) is 2. The van der Waals surface area contributed by atoms with Crippen LogP contribution in [-0.4, -0.2) is 31.4 Å². The van der Waals surface area contributed by atoms with E-state index in [1.807, 2.05) is 25.1 Å². The maximum absolute atomic E-state index is 6.21. The second kappa shape index (κ2) is 7.58. The van der Waals surface area contributed by atoms with E-state index in [0.717, 1.165) is 25.2 Å². The second-order valence-electron chi connectivity index (χ2n) is 4.65. The molecule has 0 aromatic heterocycles. The molecule has 2 N–H and O–H groups in total. The van der Waals surface area contributed by atoms with Gasteiger partial charge in [-0.15, -0.1) is 24.8 Å². The molecule has 0 aliphatic carbocycles. The van der Waals surface area contributed by atoms with Crippen LogP contribution in [0.4, 0.5) is 5.69 Å². The number of anilines is 1. The normalized spacial score (nSPS) is 24.4. The molecule has 108 valence electrons. The molecule has 4 nitrogen and oxygen atoms in total. The van der Waals surface area contributed by atoms with Crippen LogP contribution in [0.2, 0.25) is 0 Å². The monoisotopic (exact) mass is 305 g/mol. The lowest BCUT2D eigenvalue weighted by Gasteiger charge is -2.38. The number of nitrogens with two attached hydrogens (primary N) is 1. The molecule has 0 amide bonds. The zero-order valence-electron chi connectivity index (χ0n) is 11.2. The lowest BCUT2D eigenvalue weighted by molar-refractivity contribution is 0.208. The van der Waals surface area contributed by atoms with Crippen LogP contribution in [0, 0.1) is 0 Å². The van der Waals surface area contributed by atoms with E-state index in [2.05, 4.69) is 22.2 Å². The highest BCUT2D eigenvalue weighted by molar-refractivity contribution is 5.97. The fourth-order valence-electron chi connectivity index (χ4n) is 2.05. The third-order valence-electron chi connectivity index (χ3n) is 3.22. The van der Waals surface area contributed by atoms with Crippen molar-refractivity contribution in [2.45, 2.75) is 18.9 Å². The molecule has 1 aliphatic rings. The van der Waals surface area contributed by atoms with Crippen molar-refractivity contribution < 1.29 is 4.84 Å². The molecule has 0 bridgehead atoms. The lowest BCUT2D eigenvalue weighted by atomic mass is 9.88. The molecule has 1 fully saturated rings. The first-order valence-corrected chi connectivity index (χ1v) is 5.83. The van der Waals surface area contributed by atoms with E-state index in [4.69, 9.17) is 10.6 Å². The zero-order chi connectivity index (χ0) is 12.3. The van der Waals surface area contributed by atoms with Gasteiger partial charge in [-0.05, 0) is 25.5 Å². The molecule has 1 atom stereocenters. The number of oxime groups is 1. The van der Waals surface area contributed by atoms with Gasteiger partial charge in [-0.3, -0.25) is 0 Å². The summed E-state index contributed by atoms with van der Waals surface area (Å²) in [6.45, 7) is 3.68. The Kier molecular flexibility index (Phi) is 7.19. The van der Waals surface area contributed by atoms with Crippen molar-refractivity contribution in [1.82, 2.24) is 0 Å². The third-order valence-corrected chi connectivity index (χ3v) is 3.22. The number of piperidine rings is 1. The van der Waals surface area contributed by atoms with Crippen molar-refractivity contribution in [3.05, 3.63) is 30.3 Å². The van der Waals surface area contributed by atoms with Crippen molar-refractivity contribution in [1.29, 1.82) is 0 Å². The maximum atomic E-state index is 6.21. The summed E-state index contributed by atoms with van der Waals surface area (Å²) in [5, 5.41) is 4.06. The number of halogens is 2. The quantitative estimate of drug-likeness (QED) is 0.854. The van der Waals surface area contributed by atoms with Crippen LogP contribution < -0.4 is 10.6 Å². The molecule has 0 radical (unpaired) electrons. The maximum Gasteiger partial charge on any atom is 0.106 e. The van der Waals surface area contributed by atoms with Gasteiger partial charge in [-0.1, -0.05) is 23.4 Å². The van der Waals surface area contributed by atoms with Gasteiger partial charge in [0.25, 0.3) is 0 Å². The number of hydrogen-bond acceptors (Lipinski definition) is 4. The standard InChI is InChI=1S/C13H19N3O.2ClH/c1-13(14)8-9-16(10-12(13)15-17-2)11-6-4-3-5-7-11;;/h3-7H,8-10,14H2,1-2H3;2*1H. The average Bonchev–Trinajstić information content (AvgIpc) is 2.33. The highest BCUT2D eigenvalue weighted by atomic mass is 35.5. The molecule has 1 aromatic rings. The molecule has 1 saturated heterocycles. The van der Waals surface area contributed by atoms with E-state index in [1.54, 1.807) is 7.11 Å². The Morgan fingerprint density at radius 2 is 1.89 bits per heavy atom. The zero-order valence-corrected chi connectivity index (χ0v) is 12.8. The minimum Gasteiger partial charge on any atom is -0.399 e. The Morgan fingerprint density at radius 1 is 1.26 bits per heavy atom.